The number of rotatable bonds is 2. The van der Waals surface area contributed by atoms with Crippen molar-refractivity contribution in [1.82, 2.24) is 0 Å². The van der Waals surface area contributed by atoms with E-state index >= 15 is 0 Å². The summed E-state index contributed by atoms with van der Waals surface area (Å²) in [7, 11) is 0. The second kappa shape index (κ2) is 4.95. The maximum absolute atomic E-state index is 8.64. The summed E-state index contributed by atoms with van der Waals surface area (Å²) >= 11 is 7.04. The molecular weight excluding hydrogens is 205 g/mol. The highest BCUT2D eigenvalue weighted by Crippen LogP contribution is 2.25. The molecule has 3 N–H and O–H groups in total. The van der Waals surface area contributed by atoms with Gasteiger partial charge in [0.25, 0.3) is 0 Å². The van der Waals surface area contributed by atoms with Gasteiger partial charge in [-0.2, -0.15) is 0 Å². The summed E-state index contributed by atoms with van der Waals surface area (Å²) < 4.78 is 0.707. The molecule has 1 heterocycles. The minimum absolute atomic E-state index is 0. The molecule has 5 heteroatoms. The van der Waals surface area contributed by atoms with Gasteiger partial charge in [0.1, 0.15) is 0 Å². The predicted octanol–water partition coefficient (Wildman–Crippen LogP) is 1.82. The van der Waals surface area contributed by atoms with E-state index in [-0.39, 0.29) is 25.1 Å². The summed E-state index contributed by atoms with van der Waals surface area (Å²) in [5.74, 6) is 0. The average molecular weight is 214 g/mol. The smallest absolute Gasteiger partial charge is 0.0931 e. The van der Waals surface area contributed by atoms with Gasteiger partial charge in [-0.1, -0.05) is 11.6 Å². The minimum Gasteiger partial charge on any atom is -0.394 e. The fourth-order valence-corrected chi connectivity index (χ4v) is 1.67. The largest absolute Gasteiger partial charge is 0.394 e. The molecule has 0 aliphatic carbocycles. The summed E-state index contributed by atoms with van der Waals surface area (Å²) in [4.78, 5) is 0.924. The topological polar surface area (TPSA) is 46.2 Å². The van der Waals surface area contributed by atoms with Crippen LogP contribution in [0.25, 0.3) is 0 Å². The van der Waals surface area contributed by atoms with Crippen molar-refractivity contribution in [3.8, 4) is 0 Å². The Balaban J connectivity index is 0.000001000. The number of nitrogens with two attached hydrogens (primary N) is 1. The molecule has 0 saturated carbocycles. The molecule has 64 valence electrons. The van der Waals surface area contributed by atoms with Crippen molar-refractivity contribution in [1.29, 1.82) is 0 Å². The van der Waals surface area contributed by atoms with Crippen LogP contribution in [0.1, 0.15) is 10.9 Å². The summed E-state index contributed by atoms with van der Waals surface area (Å²) in [6.07, 6.45) is 0. The molecule has 1 rings (SSSR count). The number of hydrogen-bond donors (Lipinski definition) is 2. The van der Waals surface area contributed by atoms with E-state index in [1.807, 2.05) is 6.07 Å². The van der Waals surface area contributed by atoms with Gasteiger partial charge < -0.3 is 10.8 Å². The van der Waals surface area contributed by atoms with E-state index in [1.165, 1.54) is 11.3 Å². The molecule has 0 aromatic carbocycles. The third-order valence-electron chi connectivity index (χ3n) is 1.16. The Kier molecular flexibility index (Phi) is 5.04. The van der Waals surface area contributed by atoms with Crippen molar-refractivity contribution in [3.05, 3.63) is 21.3 Å². The molecule has 2 nitrogen and oxygen atoms in total. The molecule has 11 heavy (non-hydrogen) atoms. The molecule has 0 saturated heterocycles. The molecule has 1 atom stereocenters. The van der Waals surface area contributed by atoms with Gasteiger partial charge in [-0.05, 0) is 12.1 Å². The molecule has 1 aromatic rings. The van der Waals surface area contributed by atoms with Crippen LogP contribution >= 0.6 is 35.3 Å². The van der Waals surface area contributed by atoms with Crippen molar-refractivity contribution < 1.29 is 5.11 Å². The molecule has 1 unspecified atom stereocenters. The fourth-order valence-electron chi connectivity index (χ4n) is 0.618. The summed E-state index contributed by atoms with van der Waals surface area (Å²) in [5.41, 5.74) is 5.51. The fraction of sp³-hybridized carbons (Fsp3) is 0.333. The van der Waals surface area contributed by atoms with Crippen molar-refractivity contribution in [2.75, 3.05) is 6.61 Å². The lowest BCUT2D eigenvalue weighted by atomic mass is 10.3. The van der Waals surface area contributed by atoms with E-state index in [0.29, 0.717) is 4.34 Å². The molecule has 0 amide bonds. The van der Waals surface area contributed by atoms with E-state index in [4.69, 9.17) is 22.4 Å². The Bertz CT molecular complexity index is 216. The third-order valence-corrected chi connectivity index (χ3v) is 2.52. The molecule has 1 aromatic heterocycles. The number of hydrogen-bond acceptors (Lipinski definition) is 3. The molecule has 0 radical (unpaired) electrons. The monoisotopic (exact) mass is 213 g/mol. The number of aliphatic hydroxyl groups excluding tert-OH is 1. The van der Waals surface area contributed by atoms with Gasteiger partial charge in [-0.25, -0.2) is 0 Å². The summed E-state index contributed by atoms with van der Waals surface area (Å²) in [6, 6.07) is 3.32. The normalized spacial score (nSPS) is 12.3. The first-order chi connectivity index (χ1) is 4.74. The first kappa shape index (κ1) is 11.2. The van der Waals surface area contributed by atoms with Gasteiger partial charge in [0.05, 0.1) is 17.0 Å². The molecule has 0 fully saturated rings. The Labute approximate surface area is 80.4 Å². The second-order valence-electron chi connectivity index (χ2n) is 1.93. The Morgan fingerprint density at radius 3 is 2.64 bits per heavy atom. The first-order valence-corrected chi connectivity index (χ1v) is 4.05. The first-order valence-electron chi connectivity index (χ1n) is 2.85. The van der Waals surface area contributed by atoms with Crippen LogP contribution in [-0.2, 0) is 0 Å². The van der Waals surface area contributed by atoms with Gasteiger partial charge >= 0.3 is 0 Å². The van der Waals surface area contributed by atoms with Crippen molar-refractivity contribution in [2.24, 2.45) is 5.73 Å². The van der Waals surface area contributed by atoms with Crippen molar-refractivity contribution in [3.63, 3.8) is 0 Å². The van der Waals surface area contributed by atoms with Crippen LogP contribution in [0, 0.1) is 0 Å². The second-order valence-corrected chi connectivity index (χ2v) is 3.68. The number of thiophene rings is 1. The SMILES string of the molecule is Cl.NC(CO)c1ccc(Cl)s1. The van der Waals surface area contributed by atoms with Gasteiger partial charge in [-0.3, -0.25) is 0 Å². The number of halogens is 2. The van der Waals surface area contributed by atoms with Gasteiger partial charge in [0.15, 0.2) is 0 Å². The average Bonchev–Trinajstić information content (AvgIpc) is 2.34. The zero-order chi connectivity index (χ0) is 7.56. The zero-order valence-electron chi connectivity index (χ0n) is 5.66. The lowest BCUT2D eigenvalue weighted by Gasteiger charge is -2.02. The Morgan fingerprint density at radius 1 is 1.64 bits per heavy atom. The Morgan fingerprint density at radius 2 is 2.27 bits per heavy atom. The quantitative estimate of drug-likeness (QED) is 0.788. The maximum Gasteiger partial charge on any atom is 0.0931 e. The number of aliphatic hydroxyl groups is 1. The van der Waals surface area contributed by atoms with Gasteiger partial charge in [0, 0.05) is 4.88 Å². The minimum atomic E-state index is -0.280. The van der Waals surface area contributed by atoms with Crippen LogP contribution in [0.15, 0.2) is 12.1 Å². The molecule has 0 aliphatic heterocycles. The van der Waals surface area contributed by atoms with Crippen LogP contribution in [0.5, 0.6) is 0 Å². The van der Waals surface area contributed by atoms with Crippen LogP contribution < -0.4 is 5.73 Å². The highest BCUT2D eigenvalue weighted by molar-refractivity contribution is 7.16. The summed E-state index contributed by atoms with van der Waals surface area (Å²) in [6.45, 7) is -0.0309. The lowest BCUT2D eigenvalue weighted by Crippen LogP contribution is -2.12. The highest BCUT2D eigenvalue weighted by Gasteiger charge is 2.05. The van der Waals surface area contributed by atoms with Gasteiger partial charge in [-0.15, -0.1) is 23.7 Å². The lowest BCUT2D eigenvalue weighted by molar-refractivity contribution is 0.269. The molecule has 0 bridgehead atoms. The Hall–Kier alpha value is 0.200. The molecule has 0 spiro atoms. The highest BCUT2D eigenvalue weighted by atomic mass is 35.5. The van der Waals surface area contributed by atoms with E-state index in [9.17, 15) is 0 Å². The molecule has 0 aliphatic rings. The van der Waals surface area contributed by atoms with Crippen LogP contribution in [0.2, 0.25) is 4.34 Å². The zero-order valence-corrected chi connectivity index (χ0v) is 8.05. The van der Waals surface area contributed by atoms with Crippen LogP contribution in [-0.4, -0.2) is 11.7 Å². The van der Waals surface area contributed by atoms with E-state index in [0.717, 1.165) is 4.88 Å². The maximum atomic E-state index is 8.64. The van der Waals surface area contributed by atoms with Crippen LogP contribution in [0.3, 0.4) is 0 Å². The van der Waals surface area contributed by atoms with Crippen molar-refractivity contribution in [2.45, 2.75) is 6.04 Å². The predicted molar refractivity (Wildman–Crippen MR) is 50.6 cm³/mol. The van der Waals surface area contributed by atoms with Gasteiger partial charge in [0.2, 0.25) is 0 Å². The third kappa shape index (κ3) is 2.97. The van der Waals surface area contributed by atoms with E-state index in [2.05, 4.69) is 0 Å². The van der Waals surface area contributed by atoms with E-state index < -0.39 is 0 Å². The van der Waals surface area contributed by atoms with E-state index in [1.54, 1.807) is 6.07 Å². The molecular formula is C6H9Cl2NOS. The van der Waals surface area contributed by atoms with Crippen molar-refractivity contribution >= 4 is 35.3 Å². The van der Waals surface area contributed by atoms with Crippen LogP contribution in [0.4, 0.5) is 0 Å². The standard InChI is InChI=1S/C6H8ClNOS.ClH/c7-6-2-1-5(10-6)4(8)3-9;/h1-2,4,9H,3,8H2;1H. The summed E-state index contributed by atoms with van der Waals surface area (Å²) in [5, 5.41) is 8.64.